The summed E-state index contributed by atoms with van der Waals surface area (Å²) in [6, 6.07) is 6.43. The Kier molecular flexibility index (Phi) is 3.27. The molecule has 2 aromatic rings. The molecule has 3 rings (SSSR count). The number of pyridine rings is 1. The van der Waals surface area contributed by atoms with Crippen molar-refractivity contribution in [3.05, 3.63) is 30.6 Å². The number of hydrogen-bond donors (Lipinski definition) is 2. The van der Waals surface area contributed by atoms with E-state index in [1.807, 2.05) is 18.2 Å². The van der Waals surface area contributed by atoms with Crippen LogP contribution < -0.4 is 10.6 Å². The Hall–Kier alpha value is -2.17. The molecule has 1 fully saturated rings. The highest BCUT2D eigenvalue weighted by molar-refractivity contribution is 5.64. The van der Waals surface area contributed by atoms with E-state index in [4.69, 9.17) is 0 Å². The molecule has 0 bridgehead atoms. The Bertz CT molecular complexity index is 551. The summed E-state index contributed by atoms with van der Waals surface area (Å²) in [6.07, 6.45) is 5.97. The molecule has 1 aliphatic rings. The molecule has 0 aliphatic heterocycles. The van der Waals surface area contributed by atoms with Gasteiger partial charge in [-0.05, 0) is 31.9 Å². The number of aromatic nitrogens is 3. The van der Waals surface area contributed by atoms with Crippen molar-refractivity contribution in [2.24, 2.45) is 0 Å². The van der Waals surface area contributed by atoms with Gasteiger partial charge in [-0.3, -0.25) is 4.98 Å². The Morgan fingerprint density at radius 3 is 2.68 bits per heavy atom. The van der Waals surface area contributed by atoms with Gasteiger partial charge in [0.05, 0.1) is 5.69 Å². The first kappa shape index (κ1) is 11.9. The molecule has 5 nitrogen and oxygen atoms in total. The second-order valence-corrected chi connectivity index (χ2v) is 4.65. The van der Waals surface area contributed by atoms with Crippen LogP contribution in [-0.4, -0.2) is 27.5 Å². The smallest absolute Gasteiger partial charge is 0.225 e. The highest BCUT2D eigenvalue weighted by atomic mass is 15.2. The van der Waals surface area contributed by atoms with E-state index in [1.54, 1.807) is 12.4 Å². The molecule has 0 aromatic carbocycles. The quantitative estimate of drug-likeness (QED) is 0.859. The first-order valence-corrected chi connectivity index (χ1v) is 6.65. The average molecular weight is 255 g/mol. The molecule has 2 N–H and O–H groups in total. The predicted octanol–water partition coefficient (Wildman–Crippen LogP) is 2.54. The van der Waals surface area contributed by atoms with Gasteiger partial charge in [-0.15, -0.1) is 0 Å². The lowest BCUT2D eigenvalue weighted by molar-refractivity contribution is 1.04. The van der Waals surface area contributed by atoms with Crippen LogP contribution in [-0.2, 0) is 0 Å². The molecule has 0 radical (unpaired) electrons. The van der Waals surface area contributed by atoms with Crippen LogP contribution in [0.4, 0.5) is 11.8 Å². The lowest BCUT2D eigenvalue weighted by Gasteiger charge is -2.09. The molecule has 5 heteroatoms. The summed E-state index contributed by atoms with van der Waals surface area (Å²) in [5.74, 6) is 1.56. The second kappa shape index (κ2) is 5.22. The first-order valence-electron chi connectivity index (χ1n) is 6.65. The van der Waals surface area contributed by atoms with Crippen molar-refractivity contribution < 1.29 is 0 Å². The Balaban J connectivity index is 1.94. The lowest BCUT2D eigenvalue weighted by atomic mass is 10.2. The number of nitrogens with one attached hydrogen (secondary N) is 2. The molecule has 0 unspecified atom stereocenters. The zero-order chi connectivity index (χ0) is 13.1. The number of anilines is 2. The summed E-state index contributed by atoms with van der Waals surface area (Å²) in [7, 11) is 0. The van der Waals surface area contributed by atoms with Crippen LogP contribution in [0, 0.1) is 0 Å². The van der Waals surface area contributed by atoms with Crippen LogP contribution in [0.25, 0.3) is 11.3 Å². The van der Waals surface area contributed by atoms with Gasteiger partial charge in [0.1, 0.15) is 5.82 Å². The molecule has 2 aromatic heterocycles. The van der Waals surface area contributed by atoms with Crippen LogP contribution in [0.1, 0.15) is 19.8 Å². The van der Waals surface area contributed by atoms with Gasteiger partial charge in [-0.25, -0.2) is 4.98 Å². The van der Waals surface area contributed by atoms with E-state index in [0.29, 0.717) is 12.0 Å². The summed E-state index contributed by atoms with van der Waals surface area (Å²) in [6.45, 7) is 2.90. The monoisotopic (exact) mass is 255 g/mol. The fourth-order valence-electron chi connectivity index (χ4n) is 1.86. The average Bonchev–Trinajstić information content (AvgIpc) is 3.24. The van der Waals surface area contributed by atoms with Gasteiger partial charge in [0, 0.05) is 36.6 Å². The van der Waals surface area contributed by atoms with Gasteiger partial charge in [0.15, 0.2) is 0 Å². The molecule has 0 saturated heterocycles. The molecule has 1 saturated carbocycles. The predicted molar refractivity (Wildman–Crippen MR) is 76.1 cm³/mol. The third-order valence-corrected chi connectivity index (χ3v) is 2.97. The highest BCUT2D eigenvalue weighted by Crippen LogP contribution is 2.26. The fourth-order valence-corrected chi connectivity index (χ4v) is 1.86. The van der Waals surface area contributed by atoms with Crippen molar-refractivity contribution in [2.45, 2.75) is 25.8 Å². The van der Waals surface area contributed by atoms with Crippen molar-refractivity contribution >= 4 is 11.8 Å². The van der Waals surface area contributed by atoms with Crippen LogP contribution in [0.3, 0.4) is 0 Å². The summed E-state index contributed by atoms with van der Waals surface area (Å²) in [5.41, 5.74) is 1.96. The lowest BCUT2D eigenvalue weighted by Crippen LogP contribution is -2.08. The molecule has 19 heavy (non-hydrogen) atoms. The van der Waals surface area contributed by atoms with Gasteiger partial charge >= 0.3 is 0 Å². The maximum absolute atomic E-state index is 4.58. The molecule has 0 spiro atoms. The van der Waals surface area contributed by atoms with Gasteiger partial charge in [-0.2, -0.15) is 4.98 Å². The SMILES string of the molecule is CCNc1cc(-c2ccncc2)nc(NC2CC2)n1. The Morgan fingerprint density at radius 2 is 2.00 bits per heavy atom. The van der Waals surface area contributed by atoms with Crippen LogP contribution in [0.15, 0.2) is 30.6 Å². The summed E-state index contributed by atoms with van der Waals surface area (Å²) >= 11 is 0. The number of hydrogen-bond acceptors (Lipinski definition) is 5. The zero-order valence-corrected chi connectivity index (χ0v) is 10.9. The third-order valence-electron chi connectivity index (χ3n) is 2.97. The van der Waals surface area contributed by atoms with E-state index >= 15 is 0 Å². The summed E-state index contributed by atoms with van der Waals surface area (Å²) < 4.78 is 0. The van der Waals surface area contributed by atoms with Gasteiger partial charge < -0.3 is 10.6 Å². The highest BCUT2D eigenvalue weighted by Gasteiger charge is 2.22. The number of rotatable bonds is 5. The van der Waals surface area contributed by atoms with Gasteiger partial charge in [0.25, 0.3) is 0 Å². The fraction of sp³-hybridized carbons (Fsp3) is 0.357. The third kappa shape index (κ3) is 2.99. The molecular weight excluding hydrogens is 238 g/mol. The largest absolute Gasteiger partial charge is 0.370 e. The molecule has 2 heterocycles. The maximum atomic E-state index is 4.58. The van der Waals surface area contributed by atoms with Crippen LogP contribution in [0.2, 0.25) is 0 Å². The molecular formula is C14H17N5. The van der Waals surface area contributed by atoms with Crippen LogP contribution >= 0.6 is 0 Å². The van der Waals surface area contributed by atoms with Crippen molar-refractivity contribution in [3.8, 4) is 11.3 Å². The van der Waals surface area contributed by atoms with Gasteiger partial charge in [-0.1, -0.05) is 0 Å². The molecule has 0 atom stereocenters. The molecule has 98 valence electrons. The normalized spacial score (nSPS) is 14.2. The zero-order valence-electron chi connectivity index (χ0n) is 10.9. The van der Waals surface area contributed by atoms with E-state index in [0.717, 1.165) is 23.6 Å². The number of nitrogens with zero attached hydrogens (tertiary/aromatic N) is 3. The van der Waals surface area contributed by atoms with Gasteiger partial charge in [0.2, 0.25) is 5.95 Å². The summed E-state index contributed by atoms with van der Waals surface area (Å²) in [4.78, 5) is 13.1. The second-order valence-electron chi connectivity index (χ2n) is 4.65. The van der Waals surface area contributed by atoms with Crippen LogP contribution in [0.5, 0.6) is 0 Å². The minimum Gasteiger partial charge on any atom is -0.370 e. The van der Waals surface area contributed by atoms with Crippen molar-refractivity contribution in [1.82, 2.24) is 15.0 Å². The van der Waals surface area contributed by atoms with E-state index in [9.17, 15) is 0 Å². The van der Waals surface area contributed by atoms with E-state index in [2.05, 4.69) is 32.5 Å². The Morgan fingerprint density at radius 1 is 1.21 bits per heavy atom. The van der Waals surface area contributed by atoms with Crippen molar-refractivity contribution in [3.63, 3.8) is 0 Å². The first-order chi connectivity index (χ1) is 9.35. The minimum atomic E-state index is 0.544. The van der Waals surface area contributed by atoms with E-state index < -0.39 is 0 Å². The molecule has 0 amide bonds. The van der Waals surface area contributed by atoms with Crippen molar-refractivity contribution in [2.75, 3.05) is 17.2 Å². The Labute approximate surface area is 112 Å². The topological polar surface area (TPSA) is 62.7 Å². The molecule has 1 aliphatic carbocycles. The maximum Gasteiger partial charge on any atom is 0.225 e. The summed E-state index contributed by atoms with van der Waals surface area (Å²) in [5, 5.41) is 6.59. The standard InChI is InChI=1S/C14H17N5/c1-2-16-13-9-12(10-5-7-15-8-6-10)18-14(19-13)17-11-3-4-11/h5-9,11H,2-4H2,1H3,(H2,16,17,18,19). The van der Waals surface area contributed by atoms with E-state index in [-0.39, 0.29) is 0 Å². The van der Waals surface area contributed by atoms with Crippen molar-refractivity contribution in [1.29, 1.82) is 0 Å². The minimum absolute atomic E-state index is 0.544. The van der Waals surface area contributed by atoms with E-state index in [1.165, 1.54) is 12.8 Å².